The van der Waals surface area contributed by atoms with Gasteiger partial charge in [-0.25, -0.2) is 9.59 Å². The van der Waals surface area contributed by atoms with Gasteiger partial charge in [0.05, 0.1) is 19.9 Å². The van der Waals surface area contributed by atoms with Gasteiger partial charge in [0.2, 0.25) is 5.76 Å². The number of carbonyl (C=O) groups is 2. The standard InChI is InChI=1S/C22H19NO5S/c1-23-15-11-7-8-12-17(15)29-22(23)13-16(14-9-5-4-6-10-14)28-19(21(25)27-3)18(22)20(24)26-2/h4-13H,1-3H3/t22-/m1/s1. The number of anilines is 1. The molecule has 29 heavy (non-hydrogen) atoms. The maximum atomic E-state index is 12.9. The molecule has 6 nitrogen and oxygen atoms in total. The minimum absolute atomic E-state index is 0.0928. The largest absolute Gasteiger partial charge is 0.465 e. The number of fused-ring (bicyclic) bond motifs is 1. The van der Waals surface area contributed by atoms with Crippen LogP contribution in [0.4, 0.5) is 5.69 Å². The summed E-state index contributed by atoms with van der Waals surface area (Å²) in [5.41, 5.74) is 1.81. The van der Waals surface area contributed by atoms with Gasteiger partial charge in [-0.3, -0.25) is 0 Å². The van der Waals surface area contributed by atoms with Gasteiger partial charge in [-0.15, -0.1) is 0 Å². The molecule has 0 bridgehead atoms. The van der Waals surface area contributed by atoms with E-state index in [1.807, 2.05) is 72.6 Å². The molecular formula is C22H19NO5S. The van der Waals surface area contributed by atoms with Crippen molar-refractivity contribution in [3.05, 3.63) is 77.6 Å². The van der Waals surface area contributed by atoms with E-state index < -0.39 is 16.8 Å². The van der Waals surface area contributed by atoms with Gasteiger partial charge in [0.1, 0.15) is 16.2 Å². The SMILES string of the molecule is COC(=O)C1=C(C(=O)OC)[C@@]2(C=C(c3ccccc3)O1)Sc1ccccc1N2C. The zero-order valence-electron chi connectivity index (χ0n) is 16.2. The van der Waals surface area contributed by atoms with Crippen LogP contribution in [0.15, 0.2) is 76.9 Å². The lowest BCUT2D eigenvalue weighted by molar-refractivity contribution is -0.142. The minimum Gasteiger partial charge on any atom is -0.465 e. The Morgan fingerprint density at radius 2 is 1.62 bits per heavy atom. The molecule has 0 aromatic heterocycles. The highest BCUT2D eigenvalue weighted by atomic mass is 32.2. The number of esters is 2. The Bertz CT molecular complexity index is 1050. The summed E-state index contributed by atoms with van der Waals surface area (Å²) < 4.78 is 15.9. The summed E-state index contributed by atoms with van der Waals surface area (Å²) in [6.45, 7) is 0. The second kappa shape index (κ2) is 7.33. The Hall–Kier alpha value is -3.19. The van der Waals surface area contributed by atoms with Gasteiger partial charge >= 0.3 is 11.9 Å². The zero-order valence-corrected chi connectivity index (χ0v) is 17.0. The Balaban J connectivity index is 1.98. The zero-order chi connectivity index (χ0) is 20.6. The first kappa shape index (κ1) is 19.1. The average Bonchev–Trinajstić information content (AvgIpc) is 3.04. The van der Waals surface area contributed by atoms with Crippen molar-refractivity contribution in [2.75, 3.05) is 26.2 Å². The van der Waals surface area contributed by atoms with Crippen molar-refractivity contribution in [1.82, 2.24) is 0 Å². The number of benzene rings is 2. The molecule has 0 aliphatic carbocycles. The summed E-state index contributed by atoms with van der Waals surface area (Å²) in [6, 6.07) is 17.2. The van der Waals surface area contributed by atoms with Gasteiger partial charge < -0.3 is 19.1 Å². The van der Waals surface area contributed by atoms with Crippen LogP contribution in [0.3, 0.4) is 0 Å². The number of nitrogens with zero attached hydrogens (tertiary/aromatic N) is 1. The predicted octanol–water partition coefficient (Wildman–Crippen LogP) is 3.60. The fourth-order valence-electron chi connectivity index (χ4n) is 3.51. The monoisotopic (exact) mass is 409 g/mol. The summed E-state index contributed by atoms with van der Waals surface area (Å²) in [4.78, 5) is 27.4. The molecule has 0 radical (unpaired) electrons. The number of para-hydroxylation sites is 1. The molecule has 1 atom stereocenters. The average molecular weight is 409 g/mol. The molecule has 0 amide bonds. The van der Waals surface area contributed by atoms with Gasteiger partial charge in [0.25, 0.3) is 0 Å². The molecule has 0 unspecified atom stereocenters. The number of hydrogen-bond donors (Lipinski definition) is 0. The topological polar surface area (TPSA) is 65.1 Å². The summed E-state index contributed by atoms with van der Waals surface area (Å²) in [7, 11) is 4.41. The van der Waals surface area contributed by atoms with Crippen LogP contribution in [-0.4, -0.2) is 38.1 Å². The van der Waals surface area contributed by atoms with E-state index in [2.05, 4.69) is 0 Å². The highest BCUT2D eigenvalue weighted by molar-refractivity contribution is 8.01. The predicted molar refractivity (Wildman–Crippen MR) is 110 cm³/mol. The van der Waals surface area contributed by atoms with Crippen molar-refractivity contribution in [2.24, 2.45) is 0 Å². The molecular weight excluding hydrogens is 390 g/mol. The Kier molecular flexibility index (Phi) is 4.84. The summed E-state index contributed by atoms with van der Waals surface area (Å²) in [5, 5.41) is 0. The van der Waals surface area contributed by atoms with Crippen LogP contribution in [-0.2, 0) is 23.8 Å². The molecule has 0 N–H and O–H groups in total. The number of hydrogen-bond acceptors (Lipinski definition) is 7. The van der Waals surface area contributed by atoms with Crippen molar-refractivity contribution >= 4 is 35.1 Å². The van der Waals surface area contributed by atoms with Gasteiger partial charge in [-0.1, -0.05) is 54.2 Å². The first-order valence-corrected chi connectivity index (χ1v) is 9.73. The molecule has 148 valence electrons. The molecule has 2 aliphatic heterocycles. The molecule has 2 aromatic carbocycles. The maximum absolute atomic E-state index is 12.9. The molecule has 0 fully saturated rings. The lowest BCUT2D eigenvalue weighted by Crippen LogP contribution is -2.47. The first-order chi connectivity index (χ1) is 14.0. The van der Waals surface area contributed by atoms with Crippen LogP contribution >= 0.6 is 11.8 Å². The highest BCUT2D eigenvalue weighted by Gasteiger charge is 2.53. The van der Waals surface area contributed by atoms with Gasteiger partial charge in [0.15, 0.2) is 0 Å². The van der Waals surface area contributed by atoms with Crippen molar-refractivity contribution in [3.8, 4) is 0 Å². The first-order valence-electron chi connectivity index (χ1n) is 8.91. The second-order valence-electron chi connectivity index (χ2n) is 6.49. The van der Waals surface area contributed by atoms with Crippen LogP contribution < -0.4 is 4.90 Å². The smallest absolute Gasteiger partial charge is 0.374 e. The molecule has 1 spiro atoms. The Morgan fingerprint density at radius 1 is 0.966 bits per heavy atom. The number of rotatable bonds is 3. The number of likely N-dealkylation sites (N-methyl/N-ethyl adjacent to an activating group) is 1. The van der Waals surface area contributed by atoms with Crippen molar-refractivity contribution in [2.45, 2.75) is 9.77 Å². The quantitative estimate of drug-likeness (QED) is 0.718. The summed E-state index contributed by atoms with van der Waals surface area (Å²) >= 11 is 1.45. The normalized spacial score (nSPS) is 20.1. The van der Waals surface area contributed by atoms with Crippen LogP contribution in [0.1, 0.15) is 5.56 Å². The van der Waals surface area contributed by atoms with Gasteiger partial charge in [-0.05, 0) is 12.1 Å². The molecule has 2 aromatic rings. The second-order valence-corrected chi connectivity index (χ2v) is 7.76. The summed E-state index contributed by atoms with van der Waals surface area (Å²) in [6.07, 6.45) is 1.85. The Morgan fingerprint density at radius 3 is 2.28 bits per heavy atom. The van der Waals surface area contributed by atoms with E-state index in [0.717, 1.165) is 16.1 Å². The lowest BCUT2D eigenvalue weighted by Gasteiger charge is -2.38. The molecule has 4 rings (SSSR count). The van der Waals surface area contributed by atoms with E-state index in [9.17, 15) is 9.59 Å². The number of carbonyl (C=O) groups excluding carboxylic acids is 2. The number of methoxy groups -OCH3 is 2. The molecule has 0 saturated carbocycles. The van der Waals surface area contributed by atoms with E-state index >= 15 is 0 Å². The lowest BCUT2D eigenvalue weighted by atomic mass is 9.97. The third-order valence-electron chi connectivity index (χ3n) is 4.93. The number of thioether (sulfide) groups is 1. The van der Waals surface area contributed by atoms with Gasteiger partial charge in [0, 0.05) is 23.6 Å². The third kappa shape index (κ3) is 2.98. The molecule has 7 heteroatoms. The maximum Gasteiger partial charge on any atom is 0.374 e. The molecule has 2 heterocycles. The van der Waals surface area contributed by atoms with Crippen molar-refractivity contribution in [3.63, 3.8) is 0 Å². The van der Waals surface area contributed by atoms with Crippen LogP contribution in [0.5, 0.6) is 0 Å². The number of ether oxygens (including phenoxy) is 3. The van der Waals surface area contributed by atoms with Gasteiger partial charge in [-0.2, -0.15) is 0 Å². The summed E-state index contributed by atoms with van der Waals surface area (Å²) in [5.74, 6) is -1.10. The molecule has 2 aliphatic rings. The molecule has 0 saturated heterocycles. The fraction of sp³-hybridized carbons (Fsp3) is 0.182. The van der Waals surface area contributed by atoms with E-state index in [1.165, 1.54) is 26.0 Å². The van der Waals surface area contributed by atoms with E-state index in [-0.39, 0.29) is 11.3 Å². The van der Waals surface area contributed by atoms with Crippen molar-refractivity contribution < 1.29 is 23.8 Å². The minimum atomic E-state index is -1.02. The Labute approximate surface area is 172 Å². The highest BCUT2D eigenvalue weighted by Crippen LogP contribution is 2.56. The fourth-order valence-corrected chi connectivity index (χ4v) is 4.98. The van der Waals surface area contributed by atoms with Crippen LogP contribution in [0.25, 0.3) is 5.76 Å². The van der Waals surface area contributed by atoms with E-state index in [4.69, 9.17) is 14.2 Å². The van der Waals surface area contributed by atoms with Crippen LogP contribution in [0, 0.1) is 0 Å². The third-order valence-corrected chi connectivity index (χ3v) is 6.41. The van der Waals surface area contributed by atoms with Crippen LogP contribution in [0.2, 0.25) is 0 Å². The van der Waals surface area contributed by atoms with E-state index in [1.54, 1.807) is 0 Å². The van der Waals surface area contributed by atoms with E-state index in [0.29, 0.717) is 5.76 Å². The van der Waals surface area contributed by atoms with Crippen molar-refractivity contribution in [1.29, 1.82) is 0 Å².